The van der Waals surface area contributed by atoms with E-state index in [1.807, 2.05) is 121 Å². The molecular weight excluding hydrogens is 1120 g/mol. The molecule has 10 aromatic rings. The SMILES string of the molecule is O=C(CCCc1ccc(N2C(=O)c3cccc4c(-c5ccc(N(c6ccccc6)c6ccccc6)cc5)ccc(c34)C2=O)cc1)Oc1cc(Cl)c(/C(=C2\C=C3CCCc4ccccc4C3=[N+]2[BH-](F)F)c2cc3c([nH]2)-c2ccccc2CCC3)c(Cl)c1. The van der Waals surface area contributed by atoms with Crippen molar-refractivity contribution in [1.82, 2.24) is 4.98 Å². The van der Waals surface area contributed by atoms with Gasteiger partial charge >= 0.3 is 13.4 Å². The van der Waals surface area contributed by atoms with E-state index < -0.39 is 25.2 Å². The molecule has 1 N–H and O–H groups in total. The van der Waals surface area contributed by atoms with E-state index in [-0.39, 0.29) is 22.2 Å². The average Bonchev–Trinajstić information content (AvgIpc) is 1.21. The third-order valence-electron chi connectivity index (χ3n) is 17.1. The number of fused-ring (bicyclic) bond motifs is 6. The number of carbonyl (C=O) groups excluding carboxylic acids is 3. The van der Waals surface area contributed by atoms with Gasteiger partial charge in [-0.05, 0) is 163 Å². The zero-order chi connectivity index (χ0) is 58.6. The topological polar surface area (TPSA) is 85.7 Å². The highest BCUT2D eigenvalue weighted by molar-refractivity contribution is 6.40. The summed E-state index contributed by atoms with van der Waals surface area (Å²) in [4.78, 5) is 49.4. The van der Waals surface area contributed by atoms with Crippen LogP contribution in [0, 0.1) is 0 Å². The van der Waals surface area contributed by atoms with Crippen molar-refractivity contribution in [3.05, 3.63) is 284 Å². The molecule has 4 aliphatic rings. The van der Waals surface area contributed by atoms with E-state index in [1.165, 1.54) is 27.1 Å². The number of esters is 1. The van der Waals surface area contributed by atoms with E-state index in [9.17, 15) is 14.4 Å². The first-order valence-corrected chi connectivity index (χ1v) is 30.0. The van der Waals surface area contributed by atoms with Gasteiger partial charge in [0.1, 0.15) is 5.75 Å². The van der Waals surface area contributed by atoms with Crippen LogP contribution >= 0.6 is 23.2 Å². The van der Waals surface area contributed by atoms with Crippen LogP contribution in [0.4, 0.5) is 31.4 Å². The molecular formula is C73H55BCl2F2N4O4. The summed E-state index contributed by atoms with van der Waals surface area (Å²) in [6.07, 6.45) is 7.73. The van der Waals surface area contributed by atoms with Gasteiger partial charge in [-0.1, -0.05) is 145 Å². The summed E-state index contributed by atoms with van der Waals surface area (Å²) in [5.41, 5.74) is 16.3. The van der Waals surface area contributed by atoms with Gasteiger partial charge in [0.15, 0.2) is 11.4 Å². The van der Waals surface area contributed by atoms with Gasteiger partial charge in [0.05, 0.1) is 27.0 Å². The minimum absolute atomic E-state index is 0.0547. The van der Waals surface area contributed by atoms with Crippen LogP contribution in [0.15, 0.2) is 224 Å². The maximum Gasteiger partial charge on any atom is 0.602 e. The molecule has 8 nitrogen and oxygen atoms in total. The molecule has 0 spiro atoms. The quantitative estimate of drug-likeness (QED) is 0.0538. The lowest BCUT2D eigenvalue weighted by Crippen LogP contribution is -2.40. The molecule has 0 atom stereocenters. The fraction of sp³-hybridized carbons (Fsp3) is 0.123. The van der Waals surface area contributed by atoms with E-state index in [2.05, 4.69) is 70.5 Å². The second-order valence-electron chi connectivity index (χ2n) is 22.3. The summed E-state index contributed by atoms with van der Waals surface area (Å²) >= 11 is 14.5. The number of rotatable bonds is 13. The van der Waals surface area contributed by atoms with Crippen molar-refractivity contribution in [2.24, 2.45) is 0 Å². The zero-order valence-electron chi connectivity index (χ0n) is 46.8. The number of imide groups is 1. The normalized spacial score (nSPS) is 14.9. The van der Waals surface area contributed by atoms with Gasteiger partial charge in [-0.25, -0.2) is 4.90 Å². The van der Waals surface area contributed by atoms with Crippen molar-refractivity contribution < 1.29 is 32.2 Å². The third-order valence-corrected chi connectivity index (χ3v) is 17.7. The Morgan fingerprint density at radius 1 is 0.605 bits per heavy atom. The number of hydrogen-bond acceptors (Lipinski definition) is 5. The first kappa shape index (κ1) is 54.5. The Bertz CT molecular complexity index is 4400. The Labute approximate surface area is 507 Å². The van der Waals surface area contributed by atoms with Gasteiger partial charge < -0.3 is 27.7 Å². The van der Waals surface area contributed by atoms with E-state index in [4.69, 9.17) is 27.9 Å². The molecule has 86 heavy (non-hydrogen) atoms. The van der Waals surface area contributed by atoms with Crippen LogP contribution in [0.1, 0.15) is 91.9 Å². The first-order valence-electron chi connectivity index (χ1n) is 29.2. The molecule has 9 aromatic carbocycles. The molecule has 0 bridgehead atoms. The molecule has 2 aliphatic carbocycles. The number of amides is 2. The summed E-state index contributed by atoms with van der Waals surface area (Å²) in [6.45, 7) is 0. The van der Waals surface area contributed by atoms with Gasteiger partial charge in [0.2, 0.25) is 0 Å². The maximum atomic E-state index is 16.0. The highest BCUT2D eigenvalue weighted by Gasteiger charge is 2.39. The Hall–Kier alpha value is -9.42. The smallest absolute Gasteiger partial charge is 0.426 e. The zero-order valence-corrected chi connectivity index (χ0v) is 48.3. The fourth-order valence-corrected chi connectivity index (χ4v) is 13.8. The van der Waals surface area contributed by atoms with E-state index in [0.717, 1.165) is 105 Å². The predicted molar refractivity (Wildman–Crippen MR) is 342 cm³/mol. The number of halogens is 4. The second-order valence-corrected chi connectivity index (χ2v) is 23.1. The predicted octanol–water partition coefficient (Wildman–Crippen LogP) is 17.7. The van der Waals surface area contributed by atoms with Crippen LogP contribution in [0.5, 0.6) is 5.75 Å². The van der Waals surface area contributed by atoms with E-state index >= 15 is 8.63 Å². The van der Waals surface area contributed by atoms with Gasteiger partial charge in [0.25, 0.3) is 11.8 Å². The molecule has 0 saturated carbocycles. The molecule has 0 unspecified atom stereocenters. The number of nitrogens with zero attached hydrogens (tertiary/aromatic N) is 3. The monoisotopic (exact) mass is 1170 g/mol. The Morgan fingerprint density at radius 2 is 1.19 bits per heavy atom. The number of para-hydroxylation sites is 2. The summed E-state index contributed by atoms with van der Waals surface area (Å²) in [7, 11) is -3.92. The number of ether oxygens (including phenoxy) is 1. The molecule has 14 rings (SSSR count). The highest BCUT2D eigenvalue weighted by Crippen LogP contribution is 2.46. The Kier molecular flexibility index (Phi) is 14.5. The lowest BCUT2D eigenvalue weighted by molar-refractivity contribution is -0.340. The van der Waals surface area contributed by atoms with E-state index in [0.29, 0.717) is 69.7 Å². The van der Waals surface area contributed by atoms with Crippen LogP contribution in [0.2, 0.25) is 10.0 Å². The fourth-order valence-electron chi connectivity index (χ4n) is 13.2. The van der Waals surface area contributed by atoms with Gasteiger partial charge in [-0.2, -0.15) is 0 Å². The first-order chi connectivity index (χ1) is 42.1. The number of aromatic nitrogens is 1. The number of allylic oxidation sites excluding steroid dienone is 2. The van der Waals surface area contributed by atoms with Crippen molar-refractivity contribution in [2.75, 3.05) is 9.80 Å². The number of nitrogens with one attached hydrogen (secondary N) is 1. The lowest BCUT2D eigenvalue weighted by atomic mass is 9.89. The Morgan fingerprint density at radius 3 is 1.87 bits per heavy atom. The Balaban J connectivity index is 0.684. The molecule has 1 aromatic heterocycles. The van der Waals surface area contributed by atoms with Crippen LogP contribution in [0.25, 0.3) is 38.7 Å². The summed E-state index contributed by atoms with van der Waals surface area (Å²) in [5, 5.41) is 1.72. The number of benzene rings is 9. The van der Waals surface area contributed by atoms with Crippen LogP contribution in [-0.2, 0) is 30.5 Å². The van der Waals surface area contributed by atoms with Gasteiger partial charge in [0, 0.05) is 86.2 Å². The number of aryl methyl sites for hydroxylation is 4. The molecule has 0 radical (unpaired) electrons. The molecule has 0 saturated heterocycles. The number of anilines is 4. The standard InChI is InChI=1S/C73H55BCl2F2N4O4/c75-62-43-55(44-63(76)68(62)69(64-41-49-20-12-18-46-16-7-9-26-57(46)70(49)79-64)65-42-50-21-13-19-47-17-8-10-27-58(47)71(50)82(65)74(77)78)86-66(83)30-11-15-45-31-35-54(36-32-45)81-72(84)60-29-14-28-59-56(39-40-61(67(59)60)73(81)85)48-33-37-53(38-34-48)80(51-22-3-1-4-23-51)52-24-5-2-6-25-52/h1-10,14,16-17,22-29,31-44,74,79H,11-13,15,18-21,30H2/b69-65+. The minimum Gasteiger partial charge on any atom is -0.426 e. The molecule has 0 fully saturated rings. The molecule has 2 aliphatic heterocycles. The van der Waals surface area contributed by atoms with Crippen LogP contribution in [0.3, 0.4) is 0 Å². The largest absolute Gasteiger partial charge is 0.602 e. The van der Waals surface area contributed by atoms with Crippen molar-refractivity contribution in [1.29, 1.82) is 0 Å². The number of carbonyl (C=O) groups is 3. The third kappa shape index (κ3) is 9.94. The van der Waals surface area contributed by atoms with Crippen molar-refractivity contribution in [3.63, 3.8) is 0 Å². The number of aromatic amines is 1. The van der Waals surface area contributed by atoms with Crippen molar-refractivity contribution in [3.8, 4) is 28.1 Å². The molecule has 13 heteroatoms. The molecule has 2 amide bonds. The van der Waals surface area contributed by atoms with Crippen molar-refractivity contribution in [2.45, 2.75) is 57.8 Å². The summed E-state index contributed by atoms with van der Waals surface area (Å²) in [6, 6.07) is 66.5. The van der Waals surface area contributed by atoms with Crippen LogP contribution in [-0.4, -0.2) is 40.4 Å². The number of H-pyrrole nitrogens is 1. The number of hydrogen-bond donors (Lipinski definition) is 1. The van der Waals surface area contributed by atoms with Crippen molar-refractivity contribution >= 4 is 93.2 Å². The average molecular weight is 1170 g/mol. The summed E-state index contributed by atoms with van der Waals surface area (Å²) < 4.78 is 39.0. The van der Waals surface area contributed by atoms with Gasteiger partial charge in [-0.3, -0.25) is 14.4 Å². The van der Waals surface area contributed by atoms with E-state index in [1.54, 1.807) is 18.2 Å². The van der Waals surface area contributed by atoms with Gasteiger partial charge in [-0.15, -0.1) is 0 Å². The van der Waals surface area contributed by atoms with Crippen LogP contribution < -0.4 is 14.5 Å². The second kappa shape index (κ2) is 22.9. The molecule has 422 valence electrons. The summed E-state index contributed by atoms with van der Waals surface area (Å²) in [5.74, 6) is -1.20. The highest BCUT2D eigenvalue weighted by atomic mass is 35.5. The maximum absolute atomic E-state index is 16.0. The molecule has 3 heterocycles. The lowest BCUT2D eigenvalue weighted by Gasteiger charge is -2.28. The minimum atomic E-state index is -3.92.